The maximum Gasteiger partial charge on any atom is 0.224 e. The van der Waals surface area contributed by atoms with Gasteiger partial charge in [0.05, 0.1) is 11.6 Å². The SMILES string of the molecule is Cc1nn(C)cc1CNC(=O)C(CN)CC(C)(C)C. The van der Waals surface area contributed by atoms with Crippen molar-refractivity contribution in [1.82, 2.24) is 15.1 Å². The van der Waals surface area contributed by atoms with Crippen LogP contribution in [-0.4, -0.2) is 22.2 Å². The highest BCUT2D eigenvalue weighted by Gasteiger charge is 2.23. The third-order valence-corrected chi connectivity index (χ3v) is 3.08. The van der Waals surface area contributed by atoms with E-state index in [1.165, 1.54) is 0 Å². The predicted octanol–water partition coefficient (Wildman–Crippen LogP) is 1.36. The van der Waals surface area contributed by atoms with Crippen molar-refractivity contribution < 1.29 is 4.79 Å². The van der Waals surface area contributed by atoms with E-state index in [4.69, 9.17) is 5.73 Å². The first kappa shape index (κ1) is 15.7. The van der Waals surface area contributed by atoms with Gasteiger partial charge in [0.1, 0.15) is 0 Å². The van der Waals surface area contributed by atoms with Crippen LogP contribution in [0.4, 0.5) is 0 Å². The Balaban J connectivity index is 2.56. The molecule has 3 N–H and O–H groups in total. The molecule has 1 amide bonds. The van der Waals surface area contributed by atoms with Gasteiger partial charge >= 0.3 is 0 Å². The number of nitrogens with zero attached hydrogens (tertiary/aromatic N) is 2. The van der Waals surface area contributed by atoms with Gasteiger partial charge in [0.25, 0.3) is 0 Å². The summed E-state index contributed by atoms with van der Waals surface area (Å²) in [6.07, 6.45) is 2.72. The Kier molecular flexibility index (Phi) is 5.11. The van der Waals surface area contributed by atoms with E-state index in [9.17, 15) is 4.79 Å². The molecule has 1 aromatic rings. The lowest BCUT2D eigenvalue weighted by Gasteiger charge is -2.24. The molecule has 1 atom stereocenters. The molecule has 0 bridgehead atoms. The topological polar surface area (TPSA) is 72.9 Å². The normalized spacial score (nSPS) is 13.4. The largest absolute Gasteiger partial charge is 0.352 e. The minimum atomic E-state index is -0.128. The smallest absolute Gasteiger partial charge is 0.224 e. The predicted molar refractivity (Wildman–Crippen MR) is 76.4 cm³/mol. The first-order chi connectivity index (χ1) is 8.73. The number of amides is 1. The summed E-state index contributed by atoms with van der Waals surface area (Å²) in [7, 11) is 1.88. The maximum atomic E-state index is 12.1. The summed E-state index contributed by atoms with van der Waals surface area (Å²) < 4.78 is 1.76. The van der Waals surface area contributed by atoms with Crippen molar-refractivity contribution >= 4 is 5.91 Å². The minimum absolute atomic E-state index is 0.0284. The first-order valence-corrected chi connectivity index (χ1v) is 6.70. The molecule has 0 aliphatic rings. The van der Waals surface area contributed by atoms with Gasteiger partial charge in [0, 0.05) is 31.9 Å². The van der Waals surface area contributed by atoms with Crippen molar-refractivity contribution in [3.05, 3.63) is 17.5 Å². The van der Waals surface area contributed by atoms with E-state index in [0.717, 1.165) is 17.7 Å². The molecule has 0 radical (unpaired) electrons. The zero-order valence-electron chi connectivity index (χ0n) is 12.7. The number of aryl methyl sites for hydroxylation is 2. The summed E-state index contributed by atoms with van der Waals surface area (Å²) in [6, 6.07) is 0. The van der Waals surface area contributed by atoms with Crippen molar-refractivity contribution in [1.29, 1.82) is 0 Å². The number of hydrogen-bond acceptors (Lipinski definition) is 3. The van der Waals surface area contributed by atoms with Gasteiger partial charge < -0.3 is 11.1 Å². The number of rotatable bonds is 5. The summed E-state index contributed by atoms with van der Waals surface area (Å²) >= 11 is 0. The third kappa shape index (κ3) is 5.03. The van der Waals surface area contributed by atoms with Crippen LogP contribution in [-0.2, 0) is 18.4 Å². The Morgan fingerprint density at radius 2 is 2.16 bits per heavy atom. The zero-order valence-corrected chi connectivity index (χ0v) is 12.7. The van der Waals surface area contributed by atoms with Crippen molar-refractivity contribution in [3.8, 4) is 0 Å². The van der Waals surface area contributed by atoms with Crippen LogP contribution in [0.15, 0.2) is 6.20 Å². The molecule has 5 heteroatoms. The van der Waals surface area contributed by atoms with Gasteiger partial charge in [-0.2, -0.15) is 5.10 Å². The van der Waals surface area contributed by atoms with Crippen LogP contribution in [0.25, 0.3) is 0 Å². The molecule has 108 valence electrons. The van der Waals surface area contributed by atoms with E-state index in [-0.39, 0.29) is 17.2 Å². The number of carbonyl (C=O) groups excluding carboxylic acids is 1. The molecule has 0 spiro atoms. The highest BCUT2D eigenvalue weighted by molar-refractivity contribution is 5.78. The van der Waals surface area contributed by atoms with E-state index in [1.807, 2.05) is 20.2 Å². The number of carbonyl (C=O) groups is 1. The van der Waals surface area contributed by atoms with Crippen LogP contribution in [0, 0.1) is 18.3 Å². The van der Waals surface area contributed by atoms with Gasteiger partial charge in [0.15, 0.2) is 0 Å². The maximum absolute atomic E-state index is 12.1. The fourth-order valence-electron chi connectivity index (χ4n) is 2.17. The van der Waals surface area contributed by atoms with Crippen molar-refractivity contribution in [3.63, 3.8) is 0 Å². The molecule has 0 aromatic carbocycles. The van der Waals surface area contributed by atoms with Gasteiger partial charge in [-0.25, -0.2) is 0 Å². The Morgan fingerprint density at radius 1 is 1.53 bits per heavy atom. The molecule has 1 aromatic heterocycles. The molecular formula is C14H26N4O. The van der Waals surface area contributed by atoms with E-state index in [0.29, 0.717) is 13.1 Å². The zero-order chi connectivity index (χ0) is 14.6. The van der Waals surface area contributed by atoms with Crippen LogP contribution in [0.2, 0.25) is 0 Å². The van der Waals surface area contributed by atoms with Gasteiger partial charge in [-0.15, -0.1) is 0 Å². The fourth-order valence-corrected chi connectivity index (χ4v) is 2.17. The molecular weight excluding hydrogens is 240 g/mol. The van der Waals surface area contributed by atoms with Crippen LogP contribution in [0.5, 0.6) is 0 Å². The number of hydrogen-bond donors (Lipinski definition) is 2. The summed E-state index contributed by atoms with van der Waals surface area (Å²) in [5.74, 6) is -0.0994. The second-order valence-corrected chi connectivity index (χ2v) is 6.33. The van der Waals surface area contributed by atoms with Crippen molar-refractivity contribution in [2.45, 2.75) is 40.7 Å². The molecule has 5 nitrogen and oxygen atoms in total. The second-order valence-electron chi connectivity index (χ2n) is 6.33. The van der Waals surface area contributed by atoms with Crippen LogP contribution >= 0.6 is 0 Å². The lowest BCUT2D eigenvalue weighted by molar-refractivity contribution is -0.125. The average molecular weight is 266 g/mol. The standard InChI is InChI=1S/C14H26N4O/c1-10-12(9-18(5)17-10)8-16-13(19)11(7-15)6-14(2,3)4/h9,11H,6-8,15H2,1-5H3,(H,16,19). The van der Waals surface area contributed by atoms with Crippen LogP contribution < -0.4 is 11.1 Å². The van der Waals surface area contributed by atoms with Gasteiger partial charge in [-0.1, -0.05) is 20.8 Å². The summed E-state index contributed by atoms with van der Waals surface area (Å²) in [4.78, 5) is 12.1. The van der Waals surface area contributed by atoms with E-state index >= 15 is 0 Å². The molecule has 0 saturated carbocycles. The van der Waals surface area contributed by atoms with E-state index in [2.05, 4.69) is 31.2 Å². The average Bonchev–Trinajstić information content (AvgIpc) is 2.60. The Labute approximate surface area is 115 Å². The van der Waals surface area contributed by atoms with Crippen LogP contribution in [0.3, 0.4) is 0 Å². The second kappa shape index (κ2) is 6.19. The molecule has 1 heterocycles. The number of aromatic nitrogens is 2. The van der Waals surface area contributed by atoms with Crippen molar-refractivity contribution in [2.75, 3.05) is 6.54 Å². The monoisotopic (exact) mass is 266 g/mol. The number of nitrogens with one attached hydrogen (secondary N) is 1. The Bertz CT molecular complexity index is 431. The summed E-state index contributed by atoms with van der Waals surface area (Å²) in [5.41, 5.74) is 7.80. The van der Waals surface area contributed by atoms with Crippen molar-refractivity contribution in [2.24, 2.45) is 24.1 Å². The molecule has 0 fully saturated rings. The molecule has 0 aliphatic heterocycles. The highest BCUT2D eigenvalue weighted by Crippen LogP contribution is 2.24. The molecule has 0 aliphatic carbocycles. The van der Waals surface area contributed by atoms with E-state index < -0.39 is 0 Å². The molecule has 0 saturated heterocycles. The summed E-state index contributed by atoms with van der Waals surface area (Å²) in [6.45, 7) is 9.20. The van der Waals surface area contributed by atoms with Gasteiger partial charge in [-0.05, 0) is 18.8 Å². The molecule has 19 heavy (non-hydrogen) atoms. The fraction of sp³-hybridized carbons (Fsp3) is 0.714. The van der Waals surface area contributed by atoms with Crippen LogP contribution in [0.1, 0.15) is 38.4 Å². The third-order valence-electron chi connectivity index (χ3n) is 3.08. The Morgan fingerprint density at radius 3 is 2.58 bits per heavy atom. The number of nitrogens with two attached hydrogens (primary N) is 1. The first-order valence-electron chi connectivity index (χ1n) is 6.70. The summed E-state index contributed by atoms with van der Waals surface area (Å²) in [5, 5.41) is 7.21. The van der Waals surface area contributed by atoms with Gasteiger partial charge in [-0.3, -0.25) is 9.48 Å². The van der Waals surface area contributed by atoms with Gasteiger partial charge in [0.2, 0.25) is 5.91 Å². The lowest BCUT2D eigenvalue weighted by atomic mass is 9.84. The van der Waals surface area contributed by atoms with E-state index in [1.54, 1.807) is 4.68 Å². The minimum Gasteiger partial charge on any atom is -0.352 e. The lowest BCUT2D eigenvalue weighted by Crippen LogP contribution is -2.36. The highest BCUT2D eigenvalue weighted by atomic mass is 16.1. The molecule has 1 rings (SSSR count). The quantitative estimate of drug-likeness (QED) is 0.845. The molecule has 1 unspecified atom stereocenters. The Hall–Kier alpha value is -1.36.